The smallest absolute Gasteiger partial charge is 0.405 e. The molecule has 0 unspecified atom stereocenters. The van der Waals surface area contributed by atoms with Gasteiger partial charge in [0.1, 0.15) is 11.6 Å². The molecule has 0 atom stereocenters. The third-order valence-electron chi connectivity index (χ3n) is 5.65. The largest absolute Gasteiger partial charge is 0.573 e. The lowest BCUT2D eigenvalue weighted by atomic mass is 9.91. The number of aromatic nitrogens is 2. The summed E-state index contributed by atoms with van der Waals surface area (Å²) in [6.07, 6.45) is -2.05. The van der Waals surface area contributed by atoms with Gasteiger partial charge in [0.15, 0.2) is 0 Å². The number of hydrogen-bond acceptors (Lipinski definition) is 6. The average Bonchev–Trinajstić information content (AvgIpc) is 2.80. The number of ether oxygens (including phenoxy) is 1. The van der Waals surface area contributed by atoms with Crippen molar-refractivity contribution in [3.05, 3.63) is 52.5 Å². The number of fused-ring (bicyclic) bond motifs is 1. The summed E-state index contributed by atoms with van der Waals surface area (Å²) in [6.45, 7) is 0. The normalized spacial score (nSPS) is 18.4. The molecule has 1 aromatic heterocycles. The van der Waals surface area contributed by atoms with Gasteiger partial charge in [0.25, 0.3) is 5.91 Å². The fraction of sp³-hybridized carbons (Fsp3) is 0.348. The van der Waals surface area contributed by atoms with Gasteiger partial charge in [-0.25, -0.2) is 4.98 Å². The second-order valence-corrected chi connectivity index (χ2v) is 8.93. The summed E-state index contributed by atoms with van der Waals surface area (Å²) in [4.78, 5) is 21.9. The second-order valence-electron chi connectivity index (χ2n) is 8.02. The van der Waals surface area contributed by atoms with Crippen LogP contribution in [0.2, 0.25) is 0 Å². The van der Waals surface area contributed by atoms with E-state index in [1.54, 1.807) is 0 Å². The number of para-hydroxylation sites is 1. The minimum Gasteiger partial charge on any atom is -0.405 e. The van der Waals surface area contributed by atoms with E-state index in [2.05, 4.69) is 46.6 Å². The standard InChI is InChI=1S/C23H23BrF3N5O2/c1-28-20-16-4-2-3-5-18(16)31-22(32-20)30-15-9-7-14(8-10-15)29-21(33)17-12-13(24)6-11-19(17)34-23(25,26)27/h2-6,11-12,14-15H,7-10H2,1H3,(H,29,33)(H2,28,30,31,32). The topological polar surface area (TPSA) is 88.2 Å². The summed E-state index contributed by atoms with van der Waals surface area (Å²) in [5.41, 5.74) is 0.660. The number of alkyl halides is 3. The first-order chi connectivity index (χ1) is 16.2. The Labute approximate surface area is 202 Å². The van der Waals surface area contributed by atoms with Crippen LogP contribution in [0.25, 0.3) is 10.9 Å². The molecule has 180 valence electrons. The predicted octanol–water partition coefficient (Wildman–Crippen LogP) is 5.49. The number of carbonyl (C=O) groups excluding carboxylic acids is 1. The molecular formula is C23H23BrF3N5O2. The molecule has 11 heteroatoms. The number of nitrogens with one attached hydrogen (secondary N) is 3. The molecule has 0 saturated heterocycles. The maximum Gasteiger partial charge on any atom is 0.573 e. The summed E-state index contributed by atoms with van der Waals surface area (Å²) in [5.74, 6) is 0.129. The lowest BCUT2D eigenvalue weighted by Gasteiger charge is -2.30. The van der Waals surface area contributed by atoms with Gasteiger partial charge in [-0.1, -0.05) is 28.1 Å². The van der Waals surface area contributed by atoms with Crippen LogP contribution in [0.15, 0.2) is 46.9 Å². The maximum absolute atomic E-state index is 12.7. The van der Waals surface area contributed by atoms with Gasteiger partial charge in [0.05, 0.1) is 11.1 Å². The zero-order valence-electron chi connectivity index (χ0n) is 18.2. The Hall–Kier alpha value is -3.08. The molecule has 1 aliphatic rings. The molecule has 4 rings (SSSR count). The highest BCUT2D eigenvalue weighted by Gasteiger charge is 2.33. The van der Waals surface area contributed by atoms with Gasteiger partial charge in [-0.05, 0) is 56.0 Å². The van der Waals surface area contributed by atoms with Gasteiger partial charge in [-0.2, -0.15) is 4.98 Å². The van der Waals surface area contributed by atoms with Crippen LogP contribution in [0.5, 0.6) is 5.75 Å². The first-order valence-electron chi connectivity index (χ1n) is 10.8. The van der Waals surface area contributed by atoms with E-state index >= 15 is 0 Å². The number of amides is 1. The number of halogens is 4. The Morgan fingerprint density at radius 1 is 1.06 bits per heavy atom. The van der Waals surface area contributed by atoms with Crippen molar-refractivity contribution in [2.24, 2.45) is 0 Å². The van der Waals surface area contributed by atoms with E-state index in [0.717, 1.165) is 35.6 Å². The molecule has 1 amide bonds. The summed E-state index contributed by atoms with van der Waals surface area (Å²) >= 11 is 3.19. The minimum atomic E-state index is -4.88. The first-order valence-corrected chi connectivity index (χ1v) is 11.6. The van der Waals surface area contributed by atoms with E-state index in [1.807, 2.05) is 31.3 Å². The van der Waals surface area contributed by atoms with Gasteiger partial charge in [0.2, 0.25) is 5.95 Å². The molecule has 1 aliphatic carbocycles. The third kappa shape index (κ3) is 5.88. The Balaban J connectivity index is 1.37. The number of anilines is 2. The van der Waals surface area contributed by atoms with Crippen LogP contribution in [0.3, 0.4) is 0 Å². The first kappa shape index (κ1) is 24.1. The van der Waals surface area contributed by atoms with Crippen LogP contribution >= 0.6 is 15.9 Å². The van der Waals surface area contributed by atoms with Gasteiger partial charge in [-0.3, -0.25) is 4.79 Å². The molecule has 3 N–H and O–H groups in total. The van der Waals surface area contributed by atoms with Crippen LogP contribution in [-0.4, -0.2) is 41.4 Å². The highest BCUT2D eigenvalue weighted by atomic mass is 79.9. The van der Waals surface area contributed by atoms with Crippen LogP contribution in [0, 0.1) is 0 Å². The Morgan fingerprint density at radius 3 is 2.47 bits per heavy atom. The Morgan fingerprint density at radius 2 is 1.76 bits per heavy atom. The Bertz CT molecular complexity index is 1180. The quantitative estimate of drug-likeness (QED) is 0.385. The monoisotopic (exact) mass is 537 g/mol. The van der Waals surface area contributed by atoms with E-state index < -0.39 is 18.0 Å². The molecule has 3 aromatic rings. The summed E-state index contributed by atoms with van der Waals surface area (Å²) < 4.78 is 42.6. The predicted molar refractivity (Wildman–Crippen MR) is 127 cm³/mol. The molecule has 2 aromatic carbocycles. The van der Waals surface area contributed by atoms with Gasteiger partial charge in [-0.15, -0.1) is 13.2 Å². The number of benzene rings is 2. The fourth-order valence-electron chi connectivity index (χ4n) is 4.05. The number of carbonyl (C=O) groups is 1. The maximum atomic E-state index is 12.7. The average molecular weight is 538 g/mol. The van der Waals surface area contributed by atoms with E-state index in [4.69, 9.17) is 0 Å². The summed E-state index contributed by atoms with van der Waals surface area (Å²) in [5, 5.41) is 10.2. The zero-order valence-corrected chi connectivity index (χ0v) is 19.8. The molecule has 7 nitrogen and oxygen atoms in total. The molecule has 0 bridgehead atoms. The Kier molecular flexibility index (Phi) is 7.11. The summed E-state index contributed by atoms with van der Waals surface area (Å²) in [7, 11) is 1.81. The van der Waals surface area contributed by atoms with Crippen molar-refractivity contribution < 1.29 is 22.7 Å². The van der Waals surface area contributed by atoms with Crippen LogP contribution in [0.1, 0.15) is 36.0 Å². The van der Waals surface area contributed by atoms with Crippen molar-refractivity contribution in [1.29, 1.82) is 0 Å². The van der Waals surface area contributed by atoms with Crippen LogP contribution < -0.4 is 20.7 Å². The van der Waals surface area contributed by atoms with Crippen molar-refractivity contribution in [3.8, 4) is 5.75 Å². The third-order valence-corrected chi connectivity index (χ3v) is 6.14. The van der Waals surface area contributed by atoms with Crippen molar-refractivity contribution >= 4 is 44.5 Å². The SMILES string of the molecule is CNc1nc(NC2CCC(NC(=O)c3cc(Br)ccc3OC(F)(F)F)CC2)nc2ccccc12. The van der Waals surface area contributed by atoms with Crippen molar-refractivity contribution in [2.75, 3.05) is 17.7 Å². The van der Waals surface area contributed by atoms with Crippen molar-refractivity contribution in [2.45, 2.75) is 44.1 Å². The van der Waals surface area contributed by atoms with Crippen LogP contribution in [-0.2, 0) is 0 Å². The number of nitrogens with zero attached hydrogens (tertiary/aromatic N) is 2. The molecule has 34 heavy (non-hydrogen) atoms. The van der Waals surface area contributed by atoms with Crippen molar-refractivity contribution in [3.63, 3.8) is 0 Å². The van der Waals surface area contributed by atoms with E-state index in [9.17, 15) is 18.0 Å². The lowest BCUT2D eigenvalue weighted by Crippen LogP contribution is -2.40. The lowest BCUT2D eigenvalue weighted by molar-refractivity contribution is -0.274. The van der Waals surface area contributed by atoms with Gasteiger partial charge in [0, 0.05) is 29.0 Å². The molecular weight excluding hydrogens is 515 g/mol. The minimum absolute atomic E-state index is 0.119. The molecule has 1 saturated carbocycles. The zero-order chi connectivity index (χ0) is 24.3. The highest BCUT2D eigenvalue weighted by molar-refractivity contribution is 9.10. The van der Waals surface area contributed by atoms with E-state index in [1.165, 1.54) is 12.1 Å². The van der Waals surface area contributed by atoms with Crippen molar-refractivity contribution in [1.82, 2.24) is 15.3 Å². The van der Waals surface area contributed by atoms with E-state index in [-0.39, 0.29) is 17.6 Å². The molecule has 1 fully saturated rings. The molecule has 0 aliphatic heterocycles. The second kappa shape index (κ2) is 10.0. The van der Waals surface area contributed by atoms with Crippen LogP contribution in [0.4, 0.5) is 24.9 Å². The van der Waals surface area contributed by atoms with Gasteiger partial charge < -0.3 is 20.7 Å². The molecule has 0 radical (unpaired) electrons. The number of rotatable bonds is 6. The van der Waals surface area contributed by atoms with E-state index in [0.29, 0.717) is 23.3 Å². The summed E-state index contributed by atoms with van der Waals surface area (Å²) in [6, 6.07) is 11.5. The van der Waals surface area contributed by atoms with Gasteiger partial charge >= 0.3 is 6.36 Å². The fourth-order valence-corrected chi connectivity index (χ4v) is 4.41. The molecule has 0 spiro atoms. The number of hydrogen-bond donors (Lipinski definition) is 3. The molecule has 1 heterocycles. The highest BCUT2D eigenvalue weighted by Crippen LogP contribution is 2.30.